The van der Waals surface area contributed by atoms with Gasteiger partial charge in [0.25, 0.3) is 0 Å². The van der Waals surface area contributed by atoms with Gasteiger partial charge in [-0.25, -0.2) is 0 Å². The molecule has 4 aliphatic carbocycles. The monoisotopic (exact) mass is 788 g/mol. The number of hydrogen-bond donors (Lipinski definition) is 6. The van der Waals surface area contributed by atoms with E-state index in [-0.39, 0.29) is 0 Å². The van der Waals surface area contributed by atoms with E-state index in [1.165, 1.54) is 62.7 Å². The number of nitrogens with zero attached hydrogens (tertiary/aromatic N) is 8. The Morgan fingerprint density at radius 1 is 0.593 bits per heavy atom. The largest absolute Gasteiger partial charge is 0.489 e. The second kappa shape index (κ2) is 15.6. The molecular weight excluding hydrogens is 747 g/mol. The van der Waals surface area contributed by atoms with Crippen LogP contribution >= 0.6 is 15.9 Å². The summed E-state index contributed by atoms with van der Waals surface area (Å²) >= 11 is 3.45. The first-order chi connectivity index (χ1) is 26.4. The van der Waals surface area contributed by atoms with Gasteiger partial charge in [-0.05, 0) is 109 Å². The van der Waals surface area contributed by atoms with Gasteiger partial charge >= 0.3 is 7.12 Å². The zero-order valence-corrected chi connectivity index (χ0v) is 31.2. The van der Waals surface area contributed by atoms with Gasteiger partial charge in [0.1, 0.15) is 0 Å². The van der Waals surface area contributed by atoms with Gasteiger partial charge in [0, 0.05) is 39.8 Å². The standard InChI is InChI=1S/C19H20N6.C12H15BrN2.C7H7BN4O2/c20-17-11-12(5-10-18(17)25(13-6-7-13)14-8-9-14)15-3-1-2-4-16(15)19-21-23-24-22-19;13-8-1-6-12(11(14)7-8)15(9-2-3-9)10-4-5-10;13-8(14)6-4-2-1-3-5(6)7-9-11-12-10-7/h1-5,10-11,13-14H,6-9,20H2,(H,21,22,23,24);1,6-7,9-10H,2-5,14H2;1-4,13-14H,(H,9,10,11,12). The minimum atomic E-state index is -1.54. The molecule has 0 atom stereocenters. The number of benzene rings is 4. The Balaban J connectivity index is 0.000000123. The Bertz CT molecular complexity index is 2150. The van der Waals surface area contributed by atoms with Crippen molar-refractivity contribution >= 4 is 51.3 Å². The molecule has 10 rings (SSSR count). The summed E-state index contributed by atoms with van der Waals surface area (Å²) in [5.41, 5.74) is 20.7. The predicted octanol–water partition coefficient (Wildman–Crippen LogP) is 4.96. The first-order valence-electron chi connectivity index (χ1n) is 18.4. The fraction of sp³-hybridized carbons (Fsp3) is 0.316. The summed E-state index contributed by atoms with van der Waals surface area (Å²) in [4.78, 5) is 5.09. The molecule has 0 amide bonds. The van der Waals surface area contributed by atoms with Gasteiger partial charge in [0.15, 0.2) is 0 Å². The molecular formula is C38H42BBrN12O2. The van der Waals surface area contributed by atoms with Crippen molar-refractivity contribution in [2.24, 2.45) is 0 Å². The number of H-pyrrole nitrogens is 2. The highest BCUT2D eigenvalue weighted by molar-refractivity contribution is 9.10. The van der Waals surface area contributed by atoms with Gasteiger partial charge in [-0.2, -0.15) is 10.4 Å². The number of aromatic nitrogens is 8. The van der Waals surface area contributed by atoms with E-state index in [4.69, 9.17) is 21.5 Å². The van der Waals surface area contributed by atoms with Gasteiger partial charge in [-0.3, -0.25) is 0 Å². The maximum atomic E-state index is 9.07. The molecule has 0 spiro atoms. The number of halogens is 1. The molecule has 0 radical (unpaired) electrons. The van der Waals surface area contributed by atoms with Crippen molar-refractivity contribution in [1.29, 1.82) is 0 Å². The van der Waals surface area contributed by atoms with Crippen molar-refractivity contribution in [1.82, 2.24) is 41.2 Å². The van der Waals surface area contributed by atoms with Crippen LogP contribution in [0.1, 0.15) is 51.4 Å². The molecule has 0 unspecified atom stereocenters. The summed E-state index contributed by atoms with van der Waals surface area (Å²) in [5, 5.41) is 45.8. The third kappa shape index (κ3) is 8.25. The number of anilines is 4. The average Bonchev–Trinajstić information content (AvgIpc) is 3.96. The molecule has 4 aliphatic rings. The van der Waals surface area contributed by atoms with Crippen molar-refractivity contribution in [2.45, 2.75) is 75.5 Å². The third-order valence-electron chi connectivity index (χ3n) is 9.98. The van der Waals surface area contributed by atoms with E-state index in [1.807, 2.05) is 24.3 Å². The van der Waals surface area contributed by atoms with E-state index in [9.17, 15) is 0 Å². The average molecular weight is 790 g/mol. The van der Waals surface area contributed by atoms with E-state index in [0.717, 1.165) is 44.6 Å². The van der Waals surface area contributed by atoms with E-state index in [0.29, 0.717) is 34.8 Å². The van der Waals surface area contributed by atoms with Gasteiger partial charge in [0.05, 0.1) is 22.7 Å². The smallest absolute Gasteiger partial charge is 0.423 e. The fourth-order valence-electron chi connectivity index (χ4n) is 6.92. The van der Waals surface area contributed by atoms with Crippen LogP contribution in [0, 0.1) is 0 Å². The molecule has 8 N–H and O–H groups in total. The zero-order chi connectivity index (χ0) is 37.2. The highest BCUT2D eigenvalue weighted by Gasteiger charge is 2.41. The molecule has 4 saturated carbocycles. The van der Waals surface area contributed by atoms with E-state index in [2.05, 4.69) is 103 Å². The van der Waals surface area contributed by atoms with Crippen molar-refractivity contribution in [3.63, 3.8) is 0 Å². The van der Waals surface area contributed by atoms with E-state index < -0.39 is 7.12 Å². The lowest BCUT2D eigenvalue weighted by atomic mass is 9.77. The minimum absolute atomic E-state index is 0.341. The first kappa shape index (κ1) is 35.7. The molecule has 14 nitrogen and oxygen atoms in total. The van der Waals surface area contributed by atoms with Crippen molar-refractivity contribution in [3.05, 3.63) is 89.4 Å². The number of hydrogen-bond acceptors (Lipinski definition) is 12. The van der Waals surface area contributed by atoms with Crippen molar-refractivity contribution < 1.29 is 10.0 Å². The SMILES string of the molecule is Nc1cc(-c2ccccc2-c2nn[nH]n2)ccc1N(C1CC1)C1CC1.Nc1cc(Br)ccc1N(C1CC1)C1CC1.OB(O)c1ccccc1-c1nn[nH]n1. The second-order valence-electron chi connectivity index (χ2n) is 14.2. The van der Waals surface area contributed by atoms with Crippen LogP contribution in [-0.4, -0.2) is 82.6 Å². The Kier molecular flexibility index (Phi) is 10.3. The third-order valence-corrected chi connectivity index (χ3v) is 10.5. The number of tetrazole rings is 2. The van der Waals surface area contributed by atoms with Crippen LogP contribution in [0.4, 0.5) is 22.7 Å². The van der Waals surface area contributed by atoms with Crippen LogP contribution in [0.15, 0.2) is 89.4 Å². The van der Waals surface area contributed by atoms with Crippen LogP contribution in [0.5, 0.6) is 0 Å². The fourth-order valence-corrected chi connectivity index (χ4v) is 7.30. The highest BCUT2D eigenvalue weighted by atomic mass is 79.9. The molecule has 0 saturated heterocycles. The summed E-state index contributed by atoms with van der Waals surface area (Å²) < 4.78 is 1.07. The molecule has 4 aromatic carbocycles. The summed E-state index contributed by atoms with van der Waals surface area (Å²) in [6.07, 6.45) is 10.5. The topological polar surface area (TPSA) is 208 Å². The van der Waals surface area contributed by atoms with Crippen LogP contribution in [-0.2, 0) is 0 Å². The predicted molar refractivity (Wildman–Crippen MR) is 215 cm³/mol. The number of nitrogens with two attached hydrogens (primary N) is 2. The van der Waals surface area contributed by atoms with Crippen LogP contribution in [0.25, 0.3) is 33.9 Å². The van der Waals surface area contributed by atoms with Crippen LogP contribution in [0.2, 0.25) is 0 Å². The maximum Gasteiger partial charge on any atom is 0.489 e. The second-order valence-corrected chi connectivity index (χ2v) is 15.1. The maximum absolute atomic E-state index is 9.07. The Morgan fingerprint density at radius 2 is 1.06 bits per heavy atom. The van der Waals surface area contributed by atoms with Crippen LogP contribution in [0.3, 0.4) is 0 Å². The quantitative estimate of drug-likeness (QED) is 0.0805. The molecule has 16 heteroatoms. The van der Waals surface area contributed by atoms with E-state index >= 15 is 0 Å². The molecule has 0 aliphatic heterocycles. The molecule has 4 fully saturated rings. The van der Waals surface area contributed by atoms with E-state index in [1.54, 1.807) is 24.3 Å². The van der Waals surface area contributed by atoms with Crippen molar-refractivity contribution in [2.75, 3.05) is 21.3 Å². The number of rotatable bonds is 10. The zero-order valence-electron chi connectivity index (χ0n) is 29.6. The van der Waals surface area contributed by atoms with Gasteiger partial charge < -0.3 is 31.3 Å². The summed E-state index contributed by atoms with van der Waals surface area (Å²) in [6, 6.07) is 30.4. The van der Waals surface area contributed by atoms with Gasteiger partial charge in [0.2, 0.25) is 11.6 Å². The summed E-state index contributed by atoms with van der Waals surface area (Å²) in [7, 11) is -1.54. The van der Waals surface area contributed by atoms with Gasteiger partial charge in [-0.15, -0.1) is 20.4 Å². The number of nitrogen functional groups attached to an aromatic ring is 2. The number of aromatic amines is 2. The lowest BCUT2D eigenvalue weighted by Crippen LogP contribution is -2.31. The highest BCUT2D eigenvalue weighted by Crippen LogP contribution is 2.45. The normalized spacial score (nSPS) is 16.1. The first-order valence-corrected chi connectivity index (χ1v) is 19.2. The lowest BCUT2D eigenvalue weighted by molar-refractivity contribution is 0.426. The lowest BCUT2D eigenvalue weighted by Gasteiger charge is -2.26. The minimum Gasteiger partial charge on any atom is -0.423 e. The van der Waals surface area contributed by atoms with Crippen molar-refractivity contribution in [3.8, 4) is 33.9 Å². The molecule has 54 heavy (non-hydrogen) atoms. The molecule has 276 valence electrons. The Hall–Kier alpha value is -5.32. The molecule has 6 aromatic rings. The van der Waals surface area contributed by atoms with Gasteiger partial charge in [-0.1, -0.05) is 70.5 Å². The summed E-state index contributed by atoms with van der Waals surface area (Å²) in [5.74, 6) is 0.935. The summed E-state index contributed by atoms with van der Waals surface area (Å²) in [6.45, 7) is 0. The Labute approximate surface area is 321 Å². The van der Waals surface area contributed by atoms with Crippen LogP contribution < -0.4 is 26.7 Å². The molecule has 2 heterocycles. The molecule has 0 bridgehead atoms. The Morgan fingerprint density at radius 3 is 1.52 bits per heavy atom. The number of nitrogens with one attached hydrogen (secondary N) is 2. The molecule has 2 aromatic heterocycles.